The van der Waals surface area contributed by atoms with E-state index in [0.29, 0.717) is 0 Å². The highest BCUT2D eigenvalue weighted by atomic mass is 32.2. The van der Waals surface area contributed by atoms with Crippen LogP contribution >= 0.6 is 0 Å². The number of hydrogen-bond donors (Lipinski definition) is 3. The van der Waals surface area contributed by atoms with Crippen LogP contribution < -0.4 is 20.1 Å². The van der Waals surface area contributed by atoms with Gasteiger partial charge < -0.3 is 19.0 Å². The summed E-state index contributed by atoms with van der Waals surface area (Å²) in [6.07, 6.45) is -2.78. The Bertz CT molecular complexity index is 1200. The fourth-order valence-corrected chi connectivity index (χ4v) is 3.54. The number of aliphatic imine (C=N–C) groups is 1. The van der Waals surface area contributed by atoms with Crippen molar-refractivity contribution in [2.45, 2.75) is 51.7 Å². The maximum absolute atomic E-state index is 12.6. The summed E-state index contributed by atoms with van der Waals surface area (Å²) < 4.78 is 40.5. The standard InChI is InChI=1S/C23H28N4O8S/c1-14(2)33-22(29)26-21(27-23(30)34-15(3)4)25-20-13-17(11-12-19(20)24-16(5)28)35-36(31,32)18-9-7-6-8-10-18/h6-15H,1-5H3,(H,24,28)(H2,25,26,27,29,30). The van der Waals surface area contributed by atoms with Crippen molar-refractivity contribution in [3.8, 4) is 5.75 Å². The second-order valence-corrected chi connectivity index (χ2v) is 9.38. The van der Waals surface area contributed by atoms with Gasteiger partial charge in [0.2, 0.25) is 11.9 Å². The van der Waals surface area contributed by atoms with Gasteiger partial charge in [-0.1, -0.05) is 18.2 Å². The van der Waals surface area contributed by atoms with E-state index >= 15 is 0 Å². The zero-order valence-electron chi connectivity index (χ0n) is 20.4. The van der Waals surface area contributed by atoms with Gasteiger partial charge in [0.05, 0.1) is 23.6 Å². The quantitative estimate of drug-likeness (QED) is 0.283. The Morgan fingerprint density at radius 2 is 1.42 bits per heavy atom. The number of ether oxygens (including phenoxy) is 2. The summed E-state index contributed by atoms with van der Waals surface area (Å²) in [5, 5.41) is 7.09. The number of rotatable bonds is 7. The van der Waals surface area contributed by atoms with Gasteiger partial charge in [0.1, 0.15) is 10.6 Å². The average Bonchev–Trinajstić information content (AvgIpc) is 2.74. The molecule has 3 N–H and O–H groups in total. The van der Waals surface area contributed by atoms with Gasteiger partial charge in [0.25, 0.3) is 0 Å². The lowest BCUT2D eigenvalue weighted by atomic mass is 10.2. The topological polar surface area (TPSA) is 161 Å². The molecule has 2 aromatic rings. The molecule has 0 aromatic heterocycles. The molecule has 0 unspecified atom stereocenters. The Balaban J connectivity index is 2.49. The first kappa shape index (κ1) is 28.1. The Hall–Kier alpha value is -4.13. The number of amides is 3. The summed E-state index contributed by atoms with van der Waals surface area (Å²) in [4.78, 5) is 40.1. The van der Waals surface area contributed by atoms with E-state index in [1.165, 1.54) is 37.3 Å². The SMILES string of the molecule is CC(=O)Nc1ccc(OS(=O)(=O)c2ccccc2)cc1N=C(NC(=O)OC(C)C)NC(=O)OC(C)C. The molecule has 0 fully saturated rings. The van der Waals surface area contributed by atoms with Crippen LogP contribution in [0.2, 0.25) is 0 Å². The van der Waals surface area contributed by atoms with Crippen molar-refractivity contribution in [3.63, 3.8) is 0 Å². The molecule has 12 nitrogen and oxygen atoms in total. The highest BCUT2D eigenvalue weighted by Crippen LogP contribution is 2.31. The summed E-state index contributed by atoms with van der Waals surface area (Å²) in [6.45, 7) is 7.76. The van der Waals surface area contributed by atoms with Gasteiger partial charge in [-0.2, -0.15) is 8.42 Å². The molecule has 194 valence electrons. The predicted octanol–water partition coefficient (Wildman–Crippen LogP) is 3.67. The van der Waals surface area contributed by atoms with Crippen LogP contribution in [0.3, 0.4) is 0 Å². The number of benzene rings is 2. The van der Waals surface area contributed by atoms with Gasteiger partial charge in [-0.25, -0.2) is 14.6 Å². The van der Waals surface area contributed by atoms with E-state index in [4.69, 9.17) is 13.7 Å². The third-order valence-electron chi connectivity index (χ3n) is 3.88. The molecule has 0 aliphatic heterocycles. The molecule has 13 heteroatoms. The minimum Gasteiger partial charge on any atom is -0.447 e. The fraction of sp³-hybridized carbons (Fsp3) is 0.304. The number of anilines is 1. The van der Waals surface area contributed by atoms with Crippen molar-refractivity contribution in [2.75, 3.05) is 5.32 Å². The van der Waals surface area contributed by atoms with E-state index in [0.717, 1.165) is 0 Å². The van der Waals surface area contributed by atoms with E-state index in [2.05, 4.69) is 20.9 Å². The molecule has 0 aliphatic rings. The lowest BCUT2D eigenvalue weighted by molar-refractivity contribution is -0.114. The van der Waals surface area contributed by atoms with E-state index in [-0.39, 0.29) is 22.0 Å². The van der Waals surface area contributed by atoms with E-state index in [1.54, 1.807) is 45.9 Å². The Morgan fingerprint density at radius 1 is 0.861 bits per heavy atom. The average molecular weight is 521 g/mol. The number of guanidine groups is 1. The van der Waals surface area contributed by atoms with Crippen LogP contribution in [-0.2, 0) is 24.4 Å². The molecular formula is C23H28N4O8S. The van der Waals surface area contributed by atoms with Crippen LogP contribution in [0.25, 0.3) is 0 Å². The molecule has 0 spiro atoms. The zero-order valence-corrected chi connectivity index (χ0v) is 21.2. The Labute approximate surface area is 209 Å². The summed E-state index contributed by atoms with van der Waals surface area (Å²) in [5.74, 6) is -0.987. The van der Waals surface area contributed by atoms with Crippen molar-refractivity contribution in [2.24, 2.45) is 4.99 Å². The number of hydrogen-bond acceptors (Lipinski definition) is 9. The van der Waals surface area contributed by atoms with Crippen molar-refractivity contribution >= 4 is 45.5 Å². The second kappa shape index (κ2) is 12.5. The minimum absolute atomic E-state index is 0.0457. The van der Waals surface area contributed by atoms with Gasteiger partial charge in [-0.15, -0.1) is 0 Å². The Kier molecular flexibility index (Phi) is 9.79. The molecule has 0 radical (unpaired) electrons. The lowest BCUT2D eigenvalue weighted by Gasteiger charge is -2.15. The van der Waals surface area contributed by atoms with Crippen molar-refractivity contribution < 1.29 is 36.5 Å². The van der Waals surface area contributed by atoms with Crippen LogP contribution in [0.1, 0.15) is 34.6 Å². The van der Waals surface area contributed by atoms with E-state index in [9.17, 15) is 22.8 Å². The monoisotopic (exact) mass is 520 g/mol. The highest BCUT2D eigenvalue weighted by Gasteiger charge is 2.19. The van der Waals surface area contributed by atoms with Crippen LogP contribution in [0.5, 0.6) is 5.75 Å². The van der Waals surface area contributed by atoms with Gasteiger partial charge in [0, 0.05) is 13.0 Å². The van der Waals surface area contributed by atoms with Crippen LogP contribution in [0, 0.1) is 0 Å². The first-order valence-corrected chi connectivity index (χ1v) is 12.2. The van der Waals surface area contributed by atoms with E-state index < -0.39 is 46.4 Å². The first-order valence-electron chi connectivity index (χ1n) is 10.8. The second-order valence-electron chi connectivity index (χ2n) is 7.83. The van der Waals surface area contributed by atoms with Gasteiger partial charge >= 0.3 is 22.3 Å². The molecule has 0 bridgehead atoms. The number of carbonyl (C=O) groups excluding carboxylic acids is 3. The molecule has 2 rings (SSSR count). The molecule has 0 heterocycles. The lowest BCUT2D eigenvalue weighted by Crippen LogP contribution is -2.45. The molecule has 2 aromatic carbocycles. The maximum atomic E-state index is 12.6. The smallest absolute Gasteiger partial charge is 0.414 e. The van der Waals surface area contributed by atoms with Crippen molar-refractivity contribution in [1.29, 1.82) is 0 Å². The molecule has 36 heavy (non-hydrogen) atoms. The maximum Gasteiger partial charge on any atom is 0.414 e. The minimum atomic E-state index is -4.17. The predicted molar refractivity (Wildman–Crippen MR) is 132 cm³/mol. The number of nitrogens with zero attached hydrogens (tertiary/aromatic N) is 1. The van der Waals surface area contributed by atoms with Gasteiger partial charge in [-0.05, 0) is 52.0 Å². The zero-order chi connectivity index (χ0) is 26.9. The van der Waals surface area contributed by atoms with Crippen LogP contribution in [0.4, 0.5) is 21.0 Å². The highest BCUT2D eigenvalue weighted by molar-refractivity contribution is 7.87. The van der Waals surface area contributed by atoms with Crippen LogP contribution in [-0.4, -0.2) is 44.7 Å². The van der Waals surface area contributed by atoms with Gasteiger partial charge in [0.15, 0.2) is 0 Å². The van der Waals surface area contributed by atoms with Gasteiger partial charge in [-0.3, -0.25) is 15.4 Å². The third kappa shape index (κ3) is 9.25. The van der Waals surface area contributed by atoms with Crippen molar-refractivity contribution in [1.82, 2.24) is 10.6 Å². The molecule has 0 aliphatic carbocycles. The summed E-state index contributed by atoms with van der Waals surface area (Å²) in [7, 11) is -4.17. The molecule has 0 saturated carbocycles. The Morgan fingerprint density at radius 3 is 1.92 bits per heavy atom. The molecule has 3 amide bonds. The summed E-state index contributed by atoms with van der Waals surface area (Å²) >= 11 is 0. The number of nitrogens with one attached hydrogen (secondary N) is 3. The summed E-state index contributed by atoms with van der Waals surface area (Å²) in [5.41, 5.74) is 0.0955. The fourth-order valence-electron chi connectivity index (χ4n) is 2.60. The van der Waals surface area contributed by atoms with E-state index in [1.807, 2.05) is 0 Å². The number of carbonyl (C=O) groups is 3. The molecule has 0 saturated heterocycles. The molecule has 0 atom stereocenters. The number of alkyl carbamates (subject to hydrolysis) is 2. The normalized spacial score (nSPS) is 10.9. The van der Waals surface area contributed by atoms with Crippen molar-refractivity contribution in [3.05, 3.63) is 48.5 Å². The molecular weight excluding hydrogens is 492 g/mol. The summed E-state index contributed by atoms with van der Waals surface area (Å²) in [6, 6.07) is 11.3. The van der Waals surface area contributed by atoms with Crippen LogP contribution in [0.15, 0.2) is 58.4 Å². The first-order chi connectivity index (χ1) is 16.9. The third-order valence-corrected chi connectivity index (χ3v) is 5.14. The largest absolute Gasteiger partial charge is 0.447 e.